The van der Waals surface area contributed by atoms with E-state index in [2.05, 4.69) is 11.2 Å². The molecule has 1 atom stereocenters. The van der Waals surface area contributed by atoms with Crippen molar-refractivity contribution in [3.63, 3.8) is 0 Å². The molecule has 20 heavy (non-hydrogen) atoms. The van der Waals surface area contributed by atoms with E-state index >= 15 is 0 Å². The van der Waals surface area contributed by atoms with Crippen LogP contribution in [-0.4, -0.2) is 28.8 Å². The average molecular weight is 312 g/mol. The number of nitrogens with one attached hydrogen (secondary N) is 1. The van der Waals surface area contributed by atoms with Gasteiger partial charge in [0.25, 0.3) is 0 Å². The Morgan fingerprint density at radius 1 is 1.45 bits per heavy atom. The van der Waals surface area contributed by atoms with E-state index in [9.17, 15) is 9.59 Å². The van der Waals surface area contributed by atoms with Gasteiger partial charge in [-0.05, 0) is 12.1 Å². The molecule has 4 nitrogen and oxygen atoms in total. The Morgan fingerprint density at radius 2 is 2.15 bits per heavy atom. The van der Waals surface area contributed by atoms with Crippen LogP contribution in [0.15, 0.2) is 29.2 Å². The van der Waals surface area contributed by atoms with Crippen LogP contribution in [0.3, 0.4) is 0 Å². The van der Waals surface area contributed by atoms with Gasteiger partial charge in [0.05, 0.1) is 5.02 Å². The molecule has 1 aromatic carbocycles. The number of terminal acetylenes is 1. The fourth-order valence-corrected chi connectivity index (χ4v) is 2.59. The molecule has 6 heteroatoms. The van der Waals surface area contributed by atoms with Gasteiger partial charge in [-0.2, -0.15) is 0 Å². The number of thioether (sulfide) groups is 1. The topological polar surface area (TPSA) is 66.4 Å². The highest BCUT2D eigenvalue weighted by Gasteiger charge is 2.18. The van der Waals surface area contributed by atoms with Gasteiger partial charge in [-0.15, -0.1) is 24.1 Å². The molecule has 0 bridgehead atoms. The maximum absolute atomic E-state index is 11.6. The number of benzene rings is 1. The third kappa shape index (κ3) is 5.55. The maximum Gasteiger partial charge on any atom is 0.327 e. The van der Waals surface area contributed by atoms with Gasteiger partial charge in [0.15, 0.2) is 0 Å². The Balaban J connectivity index is 2.39. The summed E-state index contributed by atoms with van der Waals surface area (Å²) in [6.45, 7) is 0. The minimum atomic E-state index is -1.13. The van der Waals surface area contributed by atoms with E-state index in [4.69, 9.17) is 23.1 Å². The second kappa shape index (κ2) is 8.51. The van der Waals surface area contributed by atoms with Crippen molar-refractivity contribution in [3.05, 3.63) is 29.3 Å². The lowest BCUT2D eigenvalue weighted by Crippen LogP contribution is -2.40. The first-order chi connectivity index (χ1) is 9.54. The van der Waals surface area contributed by atoms with Crippen LogP contribution in [0.4, 0.5) is 0 Å². The van der Waals surface area contributed by atoms with Gasteiger partial charge in [0.2, 0.25) is 5.91 Å². The molecule has 0 saturated heterocycles. The minimum Gasteiger partial charge on any atom is -0.480 e. The molecular weight excluding hydrogens is 298 g/mol. The molecule has 0 heterocycles. The van der Waals surface area contributed by atoms with Gasteiger partial charge in [-0.25, -0.2) is 4.79 Å². The molecule has 1 rings (SSSR count). The lowest BCUT2D eigenvalue weighted by atomic mass is 10.2. The van der Waals surface area contributed by atoms with Gasteiger partial charge in [-0.3, -0.25) is 4.79 Å². The molecule has 0 radical (unpaired) electrons. The summed E-state index contributed by atoms with van der Waals surface area (Å²) in [5.74, 6) is 1.27. The standard InChI is InChI=1S/C14H14ClNO3S/c1-2-5-11(14(18)19)16-13(17)8-9-20-12-7-4-3-6-10(12)15/h1,3-4,6-7,11H,5,8-9H2,(H,16,17)(H,18,19). The van der Waals surface area contributed by atoms with Crippen LogP contribution in [0.25, 0.3) is 0 Å². The van der Waals surface area contributed by atoms with Crippen molar-refractivity contribution in [1.29, 1.82) is 0 Å². The lowest BCUT2D eigenvalue weighted by molar-refractivity contribution is -0.141. The summed E-state index contributed by atoms with van der Waals surface area (Å²) in [6, 6.07) is 6.30. The summed E-state index contributed by atoms with van der Waals surface area (Å²) in [6.07, 6.45) is 5.22. The largest absolute Gasteiger partial charge is 0.480 e. The molecule has 106 valence electrons. The molecule has 1 unspecified atom stereocenters. The van der Waals surface area contributed by atoms with E-state index in [0.29, 0.717) is 10.8 Å². The number of rotatable bonds is 7. The van der Waals surface area contributed by atoms with Gasteiger partial charge in [0.1, 0.15) is 6.04 Å². The first-order valence-corrected chi connectivity index (χ1v) is 7.24. The number of carbonyl (C=O) groups is 2. The lowest BCUT2D eigenvalue weighted by Gasteiger charge is -2.11. The Morgan fingerprint density at radius 3 is 2.75 bits per heavy atom. The number of carbonyl (C=O) groups excluding carboxylic acids is 1. The highest BCUT2D eigenvalue weighted by atomic mass is 35.5. The van der Waals surface area contributed by atoms with Crippen molar-refractivity contribution in [1.82, 2.24) is 5.32 Å². The molecule has 0 aliphatic carbocycles. The highest BCUT2D eigenvalue weighted by Crippen LogP contribution is 2.26. The molecule has 0 aliphatic rings. The fourth-order valence-electron chi connectivity index (χ4n) is 1.40. The fraction of sp³-hybridized carbons (Fsp3) is 0.286. The number of carboxylic acids is 1. The third-order valence-electron chi connectivity index (χ3n) is 2.38. The number of carboxylic acid groups (broad SMARTS) is 1. The SMILES string of the molecule is C#CCC(NC(=O)CCSc1ccccc1Cl)C(=O)O. The van der Waals surface area contributed by atoms with Gasteiger partial charge < -0.3 is 10.4 Å². The molecule has 0 spiro atoms. The predicted octanol–water partition coefficient (Wildman–Crippen LogP) is 2.41. The summed E-state index contributed by atoms with van der Waals surface area (Å²) in [5, 5.41) is 11.9. The predicted molar refractivity (Wildman–Crippen MR) is 79.8 cm³/mol. The Bertz CT molecular complexity index is 527. The second-order valence-electron chi connectivity index (χ2n) is 3.90. The second-order valence-corrected chi connectivity index (χ2v) is 5.44. The first kappa shape index (κ1) is 16.4. The van der Waals surface area contributed by atoms with Crippen LogP contribution in [0.2, 0.25) is 5.02 Å². The van der Waals surface area contributed by atoms with Crippen molar-refractivity contribution in [2.75, 3.05) is 5.75 Å². The van der Waals surface area contributed by atoms with Crippen molar-refractivity contribution in [2.45, 2.75) is 23.8 Å². The number of aliphatic carboxylic acids is 1. The zero-order valence-corrected chi connectivity index (χ0v) is 12.2. The summed E-state index contributed by atoms with van der Waals surface area (Å²) in [7, 11) is 0. The third-order valence-corrected chi connectivity index (χ3v) is 3.90. The molecule has 0 saturated carbocycles. The van der Waals surface area contributed by atoms with Crippen LogP contribution in [-0.2, 0) is 9.59 Å². The summed E-state index contributed by atoms with van der Waals surface area (Å²) in [4.78, 5) is 23.3. The van der Waals surface area contributed by atoms with Crippen molar-refractivity contribution < 1.29 is 14.7 Å². The smallest absolute Gasteiger partial charge is 0.327 e. The van der Waals surface area contributed by atoms with E-state index in [1.807, 2.05) is 18.2 Å². The van der Waals surface area contributed by atoms with Gasteiger partial charge in [0, 0.05) is 23.5 Å². The van der Waals surface area contributed by atoms with Crippen molar-refractivity contribution in [3.8, 4) is 12.3 Å². The van der Waals surface area contributed by atoms with E-state index in [1.54, 1.807) is 6.07 Å². The van der Waals surface area contributed by atoms with E-state index in [-0.39, 0.29) is 18.7 Å². The summed E-state index contributed by atoms with van der Waals surface area (Å²) >= 11 is 7.43. The van der Waals surface area contributed by atoms with Crippen LogP contribution in [0, 0.1) is 12.3 Å². The molecule has 1 amide bonds. The Kier molecular flexibility index (Phi) is 6.99. The van der Waals surface area contributed by atoms with Crippen LogP contribution < -0.4 is 5.32 Å². The Hall–Kier alpha value is -1.64. The maximum atomic E-state index is 11.6. The Labute approximate surface area is 126 Å². The number of hydrogen-bond donors (Lipinski definition) is 2. The minimum absolute atomic E-state index is 0.0290. The normalized spacial score (nSPS) is 11.4. The summed E-state index contributed by atoms with van der Waals surface area (Å²) in [5.41, 5.74) is 0. The number of hydrogen-bond acceptors (Lipinski definition) is 3. The van der Waals surface area contributed by atoms with Gasteiger partial charge >= 0.3 is 5.97 Å². The van der Waals surface area contributed by atoms with Crippen molar-refractivity contribution >= 4 is 35.2 Å². The average Bonchev–Trinajstić information content (AvgIpc) is 2.40. The van der Waals surface area contributed by atoms with E-state index in [1.165, 1.54) is 11.8 Å². The summed E-state index contributed by atoms with van der Waals surface area (Å²) < 4.78 is 0. The first-order valence-electron chi connectivity index (χ1n) is 5.87. The van der Waals surface area contributed by atoms with E-state index in [0.717, 1.165) is 4.90 Å². The van der Waals surface area contributed by atoms with Gasteiger partial charge in [-0.1, -0.05) is 23.7 Å². The molecule has 2 N–H and O–H groups in total. The quantitative estimate of drug-likeness (QED) is 0.599. The van der Waals surface area contributed by atoms with Crippen LogP contribution in [0.5, 0.6) is 0 Å². The number of halogens is 1. The molecule has 0 fully saturated rings. The monoisotopic (exact) mass is 311 g/mol. The van der Waals surface area contributed by atoms with E-state index < -0.39 is 12.0 Å². The molecule has 0 aliphatic heterocycles. The molecule has 0 aromatic heterocycles. The number of amides is 1. The zero-order chi connectivity index (χ0) is 15.0. The molecular formula is C14H14ClNO3S. The highest BCUT2D eigenvalue weighted by molar-refractivity contribution is 7.99. The molecule has 1 aromatic rings. The van der Waals surface area contributed by atoms with Crippen molar-refractivity contribution in [2.24, 2.45) is 0 Å². The zero-order valence-electron chi connectivity index (χ0n) is 10.6. The van der Waals surface area contributed by atoms with Crippen LogP contribution in [0.1, 0.15) is 12.8 Å². The van der Waals surface area contributed by atoms with Crippen LogP contribution >= 0.6 is 23.4 Å².